The van der Waals surface area contributed by atoms with Crippen molar-refractivity contribution in [2.45, 2.75) is 6.04 Å². The third kappa shape index (κ3) is 4.70. The number of nitrogens with zero attached hydrogens (tertiary/aromatic N) is 3. The highest BCUT2D eigenvalue weighted by Gasteiger charge is 2.32. The Morgan fingerprint density at radius 2 is 1.20 bits per heavy atom. The Balaban J connectivity index is 1.03. The van der Waals surface area contributed by atoms with Crippen LogP contribution in [0.5, 0.6) is 0 Å². The number of aromatic nitrogens is 2. The van der Waals surface area contributed by atoms with Crippen LogP contribution in [-0.4, -0.2) is 15.7 Å². The summed E-state index contributed by atoms with van der Waals surface area (Å²) in [5.74, 6) is 0.208. The van der Waals surface area contributed by atoms with Gasteiger partial charge < -0.3 is 4.57 Å². The van der Waals surface area contributed by atoms with Gasteiger partial charge in [-0.25, -0.2) is 4.98 Å². The van der Waals surface area contributed by atoms with E-state index in [-0.39, 0.29) is 12.0 Å². The molecule has 9 aromatic rings. The molecule has 0 saturated heterocycles. The first-order valence-electron chi connectivity index (χ1n) is 18.4. The van der Waals surface area contributed by atoms with Gasteiger partial charge in [-0.3, -0.25) is 9.98 Å². The van der Waals surface area contributed by atoms with Crippen LogP contribution in [0.2, 0.25) is 0 Å². The fourth-order valence-corrected chi connectivity index (χ4v) is 11.2. The van der Waals surface area contributed by atoms with E-state index in [9.17, 15) is 0 Å². The molecule has 11 rings (SSSR count). The molecule has 4 nitrogen and oxygen atoms in total. The van der Waals surface area contributed by atoms with Gasteiger partial charge in [0.1, 0.15) is 11.5 Å². The first-order valence-corrected chi connectivity index (χ1v) is 20.1. The summed E-state index contributed by atoms with van der Waals surface area (Å²) in [6, 6.07) is 51.9. The molecule has 0 amide bonds. The first-order chi connectivity index (χ1) is 26.6. The van der Waals surface area contributed by atoms with Crippen LogP contribution in [0.25, 0.3) is 60.4 Å². The van der Waals surface area contributed by atoms with Crippen molar-refractivity contribution in [1.82, 2.24) is 9.97 Å². The highest BCUT2D eigenvalue weighted by Crippen LogP contribution is 2.44. The number of hydrogen-bond donors (Lipinski definition) is 0. The summed E-state index contributed by atoms with van der Waals surface area (Å²) in [5, 5.41) is 9.92. The lowest BCUT2D eigenvalue weighted by Gasteiger charge is -2.27. The number of allylic oxidation sites excluding steroid dienone is 1. The van der Waals surface area contributed by atoms with Crippen molar-refractivity contribution < 1.29 is 4.57 Å². The summed E-state index contributed by atoms with van der Waals surface area (Å²) in [6.07, 6.45) is 10.7. The Bertz CT molecular complexity index is 3050. The molecule has 5 heteroatoms. The molecule has 7 aromatic carbocycles. The standard InChI is InChI=1S/C49H32N3OP/c53-54(37-9-3-1-4-10-37,38-11-5-2-6-12-38)45-28-21-36-30-35(20-26-43(36)51-45)39-22-15-31-18-25-42-40(23-16-32-17-24-41(39)46(31)47(32)42)44-27-19-34-14-13-33-8-7-29-50-48(33)49(34)52-44/h1-30,34,49H. The maximum atomic E-state index is 15.0. The van der Waals surface area contributed by atoms with Gasteiger partial charge in [0.15, 0.2) is 7.14 Å². The van der Waals surface area contributed by atoms with E-state index in [1.54, 1.807) is 0 Å². The van der Waals surface area contributed by atoms with Crippen molar-refractivity contribution >= 4 is 78.2 Å². The van der Waals surface area contributed by atoms with E-state index in [1.807, 2.05) is 79.0 Å². The topological polar surface area (TPSA) is 55.2 Å². The third-order valence-corrected chi connectivity index (χ3v) is 14.2. The summed E-state index contributed by atoms with van der Waals surface area (Å²) in [7, 11) is -3.18. The van der Waals surface area contributed by atoms with Crippen LogP contribution in [0, 0.1) is 5.92 Å². The number of benzene rings is 7. The largest absolute Gasteiger partial charge is 0.307 e. The SMILES string of the molecule is O=P(c1ccccc1)(c1ccccc1)c1ccc2cc(-c3ccc4ccc5c(C6=NC7c8ncccc8C=CC7C=C6)ccc6ccc3c4c65)ccc2n1. The smallest absolute Gasteiger partial charge is 0.188 e. The highest BCUT2D eigenvalue weighted by atomic mass is 31.2. The number of fused-ring (bicyclic) bond motifs is 4. The van der Waals surface area contributed by atoms with E-state index in [2.05, 4.69) is 103 Å². The van der Waals surface area contributed by atoms with Gasteiger partial charge >= 0.3 is 0 Å². The number of dihydropyridines is 1. The van der Waals surface area contributed by atoms with E-state index in [0.29, 0.717) is 5.44 Å². The molecule has 3 heterocycles. The zero-order chi connectivity index (χ0) is 35.8. The molecule has 0 spiro atoms. The molecule has 54 heavy (non-hydrogen) atoms. The number of rotatable bonds is 5. The van der Waals surface area contributed by atoms with E-state index in [1.165, 1.54) is 37.9 Å². The molecule has 2 unspecified atom stereocenters. The monoisotopic (exact) mass is 709 g/mol. The van der Waals surface area contributed by atoms with Gasteiger partial charge in [0.2, 0.25) is 0 Å². The summed E-state index contributed by atoms with van der Waals surface area (Å²) in [6.45, 7) is 0. The lowest BCUT2D eigenvalue weighted by atomic mass is 9.84. The summed E-state index contributed by atoms with van der Waals surface area (Å²) >= 11 is 0. The van der Waals surface area contributed by atoms with Crippen molar-refractivity contribution in [2.24, 2.45) is 10.9 Å². The van der Waals surface area contributed by atoms with Crippen molar-refractivity contribution in [1.29, 1.82) is 0 Å². The van der Waals surface area contributed by atoms with Gasteiger partial charge in [-0.2, -0.15) is 0 Å². The highest BCUT2D eigenvalue weighted by molar-refractivity contribution is 7.85. The van der Waals surface area contributed by atoms with Crippen LogP contribution in [0.1, 0.15) is 22.9 Å². The van der Waals surface area contributed by atoms with Crippen LogP contribution in [0.4, 0.5) is 0 Å². The summed E-state index contributed by atoms with van der Waals surface area (Å²) in [4.78, 5) is 15.2. The lowest BCUT2D eigenvalue weighted by molar-refractivity contribution is 0.591. The number of hydrogen-bond acceptors (Lipinski definition) is 4. The minimum Gasteiger partial charge on any atom is -0.307 e. The Morgan fingerprint density at radius 3 is 1.94 bits per heavy atom. The Kier molecular flexibility index (Phi) is 6.92. The molecule has 0 N–H and O–H groups in total. The van der Waals surface area contributed by atoms with Crippen LogP contribution >= 0.6 is 7.14 Å². The van der Waals surface area contributed by atoms with E-state index in [4.69, 9.17) is 15.0 Å². The average Bonchev–Trinajstić information content (AvgIpc) is 3.25. The maximum absolute atomic E-state index is 15.0. The van der Waals surface area contributed by atoms with Gasteiger partial charge in [0.05, 0.1) is 16.9 Å². The molecule has 1 aliphatic carbocycles. The summed E-state index contributed by atoms with van der Waals surface area (Å²) in [5.41, 5.74) is 8.01. The van der Waals surface area contributed by atoms with Gasteiger partial charge in [-0.05, 0) is 79.3 Å². The van der Waals surface area contributed by atoms with Gasteiger partial charge in [-0.15, -0.1) is 0 Å². The number of aliphatic imine (C=N–C) groups is 1. The average molecular weight is 710 g/mol. The van der Waals surface area contributed by atoms with Crippen LogP contribution in [-0.2, 0) is 4.57 Å². The molecule has 1 aliphatic heterocycles. The maximum Gasteiger partial charge on any atom is 0.188 e. The fraction of sp³-hybridized carbons (Fsp3) is 0.0408. The Hall–Kier alpha value is -6.48. The zero-order valence-corrected chi connectivity index (χ0v) is 30.1. The third-order valence-electron chi connectivity index (χ3n) is 11.3. The summed E-state index contributed by atoms with van der Waals surface area (Å²) < 4.78 is 15.0. The Labute approximate surface area is 312 Å². The fourth-order valence-electron chi connectivity index (χ4n) is 8.61. The molecule has 0 radical (unpaired) electrons. The predicted octanol–water partition coefficient (Wildman–Crippen LogP) is 10.6. The van der Waals surface area contributed by atoms with Gasteiger partial charge in [-0.1, -0.05) is 146 Å². The van der Waals surface area contributed by atoms with E-state index in [0.717, 1.165) is 49.6 Å². The second-order valence-corrected chi connectivity index (χ2v) is 16.9. The minimum atomic E-state index is -3.18. The molecule has 2 atom stereocenters. The van der Waals surface area contributed by atoms with E-state index < -0.39 is 7.14 Å². The molecule has 254 valence electrons. The molecular weight excluding hydrogens is 678 g/mol. The van der Waals surface area contributed by atoms with Crippen molar-refractivity contribution in [3.8, 4) is 11.1 Å². The molecule has 0 fully saturated rings. The Morgan fingerprint density at radius 1 is 0.556 bits per heavy atom. The van der Waals surface area contributed by atoms with Crippen LogP contribution in [0.3, 0.4) is 0 Å². The second kappa shape index (κ2) is 12.0. The van der Waals surface area contributed by atoms with Gasteiger partial charge in [0.25, 0.3) is 0 Å². The number of pyridine rings is 2. The second-order valence-electron chi connectivity index (χ2n) is 14.2. The molecule has 0 saturated carbocycles. The first kappa shape index (κ1) is 31.1. The molecule has 0 bridgehead atoms. The molecular formula is C49H32N3OP. The quantitative estimate of drug-likeness (QED) is 0.132. The van der Waals surface area contributed by atoms with Crippen molar-refractivity contribution in [3.05, 3.63) is 193 Å². The van der Waals surface area contributed by atoms with Crippen molar-refractivity contribution in [3.63, 3.8) is 0 Å². The predicted molar refractivity (Wildman–Crippen MR) is 225 cm³/mol. The molecule has 2 aromatic heterocycles. The van der Waals surface area contributed by atoms with Gasteiger partial charge in [0, 0.05) is 33.7 Å². The van der Waals surface area contributed by atoms with Crippen LogP contribution < -0.4 is 16.0 Å². The van der Waals surface area contributed by atoms with Crippen molar-refractivity contribution in [2.75, 3.05) is 0 Å². The molecule has 2 aliphatic rings. The zero-order valence-electron chi connectivity index (χ0n) is 29.2. The minimum absolute atomic E-state index is 0.0292. The van der Waals surface area contributed by atoms with Crippen LogP contribution in [0.15, 0.2) is 181 Å². The lowest BCUT2D eigenvalue weighted by Crippen LogP contribution is -2.26. The van der Waals surface area contributed by atoms with E-state index >= 15 is 4.57 Å². The normalized spacial score (nSPS) is 16.6.